The third kappa shape index (κ3) is 15.5. The number of carbonyl (C=O) groups is 3. The van der Waals surface area contributed by atoms with Gasteiger partial charge in [-0.3, -0.25) is 14.4 Å². The van der Waals surface area contributed by atoms with Crippen molar-refractivity contribution in [3.05, 3.63) is 0 Å². The summed E-state index contributed by atoms with van der Waals surface area (Å²) >= 11 is 0. The van der Waals surface area contributed by atoms with E-state index in [1.807, 2.05) is 0 Å². The summed E-state index contributed by atoms with van der Waals surface area (Å²) in [7, 11) is 0. The molecule has 38 nitrogen and oxygen atoms in total. The molecule has 22 N–H and O–H groups in total. The fourth-order valence-corrected chi connectivity index (χ4v) is 10.8. The van der Waals surface area contributed by atoms with Crippen molar-refractivity contribution in [2.75, 3.05) is 46.2 Å². The first kappa shape index (κ1) is 69.6. The van der Waals surface area contributed by atoms with Crippen LogP contribution in [-0.2, 0) is 76.0 Å². The molecule has 492 valence electrons. The Kier molecular flexibility index (Phi) is 24.8. The van der Waals surface area contributed by atoms with E-state index in [2.05, 4.69) is 16.0 Å². The number of aliphatic hydroxyl groups excluding tert-OH is 19. The van der Waals surface area contributed by atoms with Gasteiger partial charge in [0.2, 0.25) is 17.7 Å². The predicted molar refractivity (Wildman–Crippen MR) is 261 cm³/mol. The van der Waals surface area contributed by atoms with E-state index in [9.17, 15) is 111 Å². The molecule has 7 heterocycles. The summed E-state index contributed by atoms with van der Waals surface area (Å²) in [6.07, 6.45) is -59.9. The van der Waals surface area contributed by atoms with Gasteiger partial charge in [-0.15, -0.1) is 0 Å². The van der Waals surface area contributed by atoms with Crippen LogP contribution in [0.5, 0.6) is 0 Å². The van der Waals surface area contributed by atoms with E-state index in [4.69, 9.17) is 61.6 Å². The van der Waals surface area contributed by atoms with Crippen LogP contribution in [0, 0.1) is 0 Å². The van der Waals surface area contributed by atoms with Crippen LogP contribution in [0.2, 0.25) is 0 Å². The largest absolute Gasteiger partial charge is 0.394 e. The van der Waals surface area contributed by atoms with Gasteiger partial charge in [0.25, 0.3) is 0 Å². The Morgan fingerprint density at radius 1 is 0.353 bits per heavy atom. The maximum absolute atomic E-state index is 12.7. The number of hydrogen-bond donors (Lipinski definition) is 22. The van der Waals surface area contributed by atoms with Crippen LogP contribution < -0.4 is 16.0 Å². The number of nitrogens with one attached hydrogen (secondary N) is 3. The number of hydrogen-bond acceptors (Lipinski definition) is 35. The van der Waals surface area contributed by atoms with Gasteiger partial charge in [-0.1, -0.05) is 0 Å². The molecule has 0 unspecified atom stereocenters. The molecule has 7 saturated heterocycles. The molecular weight excluding hydrogens is 1170 g/mol. The van der Waals surface area contributed by atoms with Crippen LogP contribution in [0.15, 0.2) is 0 Å². The van der Waals surface area contributed by atoms with Crippen molar-refractivity contribution in [2.45, 2.75) is 229 Å². The monoisotopic (exact) mass is 1250 g/mol. The van der Waals surface area contributed by atoms with Gasteiger partial charge in [-0.05, 0) is 0 Å². The molecule has 0 aliphatic carbocycles. The number of aliphatic hydroxyl groups is 19. The summed E-state index contributed by atoms with van der Waals surface area (Å²) in [5.74, 6) is -2.43. The van der Waals surface area contributed by atoms with Crippen LogP contribution in [0.1, 0.15) is 20.8 Å². The second-order valence-electron chi connectivity index (χ2n) is 21.4. The molecule has 7 rings (SSSR count). The molecule has 3 amide bonds. The van der Waals surface area contributed by atoms with Crippen molar-refractivity contribution < 1.29 is 173 Å². The molecule has 7 fully saturated rings. The summed E-state index contributed by atoms with van der Waals surface area (Å²) in [5.41, 5.74) is 0. The quantitative estimate of drug-likeness (QED) is 0.0507. The van der Waals surface area contributed by atoms with Gasteiger partial charge >= 0.3 is 0 Å². The van der Waals surface area contributed by atoms with E-state index in [0.29, 0.717) is 0 Å². The Balaban J connectivity index is 1.16. The minimum absolute atomic E-state index is 0.547. The lowest BCUT2D eigenvalue weighted by atomic mass is 9.94. The van der Waals surface area contributed by atoms with Gasteiger partial charge in [0.1, 0.15) is 165 Å². The van der Waals surface area contributed by atoms with E-state index in [-0.39, 0.29) is 0 Å². The highest BCUT2D eigenvalue weighted by Gasteiger charge is 2.58. The fraction of sp³-hybridized carbons (Fsp3) is 0.936. The van der Waals surface area contributed by atoms with Crippen LogP contribution in [0.4, 0.5) is 0 Å². The molecule has 7 aliphatic rings. The second kappa shape index (κ2) is 30.3. The highest BCUT2D eigenvalue weighted by Crippen LogP contribution is 2.37. The van der Waals surface area contributed by atoms with Gasteiger partial charge in [0.15, 0.2) is 44.0 Å². The highest BCUT2D eigenvalue weighted by atomic mass is 16.8. The van der Waals surface area contributed by atoms with E-state index < -0.39 is 273 Å². The number of carbonyl (C=O) groups excluding carboxylic acids is 3. The van der Waals surface area contributed by atoms with Crippen LogP contribution in [-0.4, -0.2) is 370 Å². The average Bonchev–Trinajstić information content (AvgIpc) is 2.31. The van der Waals surface area contributed by atoms with Gasteiger partial charge < -0.3 is 175 Å². The Morgan fingerprint density at radius 3 is 1.24 bits per heavy atom. The summed E-state index contributed by atoms with van der Waals surface area (Å²) in [4.78, 5) is 37.2. The van der Waals surface area contributed by atoms with Crippen molar-refractivity contribution in [1.29, 1.82) is 0 Å². The molecular formula is C47H79N3O35. The summed E-state index contributed by atoms with van der Waals surface area (Å²) in [5, 5.41) is 213. The van der Waals surface area contributed by atoms with Crippen molar-refractivity contribution in [2.24, 2.45) is 0 Å². The van der Waals surface area contributed by atoms with E-state index in [1.54, 1.807) is 0 Å². The Hall–Kier alpha value is -2.87. The minimum atomic E-state index is -2.33. The number of ether oxygens (including phenoxy) is 13. The standard InChI is InChI=1S/C47H79N3O35/c1-11(56)48-21-28(64)36(17(6-53)75-41(21)72)81-42-22(49-12(2)57)30(66)38(19(8-55)78-42)83-46-35(71)39(84-45-34(70)31(67)25(61)15(4-51)76-45)27(63)20(80-46)10-74-47-40(32(68)26(62)16(5-52)77-47)85-43-23(50-13(3)58)29(65)37(18(7-54)79-43)82-44-33(69)24(60)14(59)9-73-44/h14-47,51-55,59-72H,4-10H2,1-3H3,(H,48,56)(H,49,57)(H,50,58)/t14-,15+,16+,17+,18+,19+,20+,21+,22+,23+,24-,25+,26+,27+,28+,29+,30+,31-,32-,33+,34-,35-,36+,37+,38+,39-,40-,41+,42-,43-,44-,45+,46-,47-/m0/s1. The van der Waals surface area contributed by atoms with Gasteiger partial charge in [0.05, 0.1) is 46.2 Å². The van der Waals surface area contributed by atoms with Crippen molar-refractivity contribution >= 4 is 17.7 Å². The zero-order chi connectivity index (χ0) is 62.6. The van der Waals surface area contributed by atoms with Gasteiger partial charge in [0, 0.05) is 20.8 Å². The predicted octanol–water partition coefficient (Wildman–Crippen LogP) is -15.2. The fourth-order valence-electron chi connectivity index (χ4n) is 10.8. The van der Waals surface area contributed by atoms with Crippen LogP contribution >= 0.6 is 0 Å². The first-order valence-electron chi connectivity index (χ1n) is 27.0. The van der Waals surface area contributed by atoms with Crippen LogP contribution in [0.3, 0.4) is 0 Å². The zero-order valence-electron chi connectivity index (χ0n) is 45.6. The molecule has 38 heteroatoms. The summed E-state index contributed by atoms with van der Waals surface area (Å²) < 4.78 is 75.3. The van der Waals surface area contributed by atoms with Gasteiger partial charge in [-0.2, -0.15) is 0 Å². The summed E-state index contributed by atoms with van der Waals surface area (Å²) in [6.45, 7) is -3.52. The third-order valence-corrected chi connectivity index (χ3v) is 15.3. The lowest BCUT2D eigenvalue weighted by Gasteiger charge is -2.50. The molecule has 0 aromatic rings. The SMILES string of the molecule is CC(=O)N[C@@H]1[C@@H](O)[C@H](O[C@@H]2O[C@H](CO)[C@@H](O[C@@H]3O[C@H](CO[C@H]4O[C@H](CO)[C@@H](O)[C@H](O)[C@@H]4O[C@@H]4O[C@H](CO)[C@@H](O[C@@H]5OC[C@H](O)[C@H](O)[C@H]5O)[C@H](O)[C@H]4NC(C)=O)[C@@H](O)[C@H](O[C@H]4O[C@H](CO)[C@@H](O)[C@H](O)[C@@H]4O)[C@@H]3O)[C@H](O)[C@H]2NC(C)=O)[C@@H](CO)O[C@H]1O. The Bertz CT molecular complexity index is 2130. The Morgan fingerprint density at radius 2 is 0.729 bits per heavy atom. The maximum Gasteiger partial charge on any atom is 0.217 e. The molecule has 0 aromatic heterocycles. The molecule has 34 atom stereocenters. The molecule has 85 heavy (non-hydrogen) atoms. The second-order valence-corrected chi connectivity index (χ2v) is 21.4. The molecule has 7 aliphatic heterocycles. The highest BCUT2D eigenvalue weighted by molar-refractivity contribution is 5.74. The van der Waals surface area contributed by atoms with Crippen LogP contribution in [0.25, 0.3) is 0 Å². The molecule has 0 radical (unpaired) electrons. The zero-order valence-corrected chi connectivity index (χ0v) is 45.6. The average molecular weight is 1250 g/mol. The normalized spacial score (nSPS) is 48.9. The van der Waals surface area contributed by atoms with E-state index in [1.165, 1.54) is 0 Å². The first-order chi connectivity index (χ1) is 40.2. The molecule has 0 saturated carbocycles. The smallest absolute Gasteiger partial charge is 0.217 e. The third-order valence-electron chi connectivity index (χ3n) is 15.3. The van der Waals surface area contributed by atoms with E-state index >= 15 is 0 Å². The topological polar surface area (TPSA) is 592 Å². The van der Waals surface area contributed by atoms with Crippen molar-refractivity contribution in [1.82, 2.24) is 16.0 Å². The minimum Gasteiger partial charge on any atom is -0.394 e. The molecule has 0 bridgehead atoms. The molecule has 0 spiro atoms. The Labute approximate surface area is 481 Å². The molecule has 0 aromatic carbocycles. The van der Waals surface area contributed by atoms with E-state index in [0.717, 1.165) is 20.8 Å². The van der Waals surface area contributed by atoms with Crippen molar-refractivity contribution in [3.8, 4) is 0 Å². The number of rotatable bonds is 21. The van der Waals surface area contributed by atoms with Gasteiger partial charge in [-0.25, -0.2) is 0 Å². The lowest BCUT2D eigenvalue weighted by molar-refractivity contribution is -0.388. The number of amides is 3. The summed E-state index contributed by atoms with van der Waals surface area (Å²) in [6, 6.07) is -5.11. The first-order valence-corrected chi connectivity index (χ1v) is 27.0. The lowest BCUT2D eigenvalue weighted by Crippen LogP contribution is -2.70. The van der Waals surface area contributed by atoms with Crippen molar-refractivity contribution in [3.63, 3.8) is 0 Å². The maximum atomic E-state index is 12.7.